The standard InChI is InChI=1S/C16H32N4O3/c1-17-16(20-13-15(21)18-9-11-22-2)19-10-12-23-14-7-5-3-4-6-8-14/h14H,3-13H2,1-2H3,(H,18,21)(H2,17,19,20). The normalized spacial score (nSPS) is 16.7. The molecular weight excluding hydrogens is 296 g/mol. The number of carbonyl (C=O) groups is 1. The largest absolute Gasteiger partial charge is 0.383 e. The number of guanidine groups is 1. The van der Waals surface area contributed by atoms with E-state index in [-0.39, 0.29) is 12.5 Å². The van der Waals surface area contributed by atoms with E-state index in [0.29, 0.717) is 38.4 Å². The van der Waals surface area contributed by atoms with Crippen LogP contribution in [0.15, 0.2) is 4.99 Å². The third kappa shape index (κ3) is 10.1. The zero-order chi connectivity index (χ0) is 16.8. The number of hydrogen-bond acceptors (Lipinski definition) is 4. The number of amides is 1. The minimum absolute atomic E-state index is 0.0836. The van der Waals surface area contributed by atoms with Gasteiger partial charge >= 0.3 is 0 Å². The van der Waals surface area contributed by atoms with Crippen molar-refractivity contribution in [3.63, 3.8) is 0 Å². The fourth-order valence-corrected chi connectivity index (χ4v) is 2.54. The van der Waals surface area contributed by atoms with Gasteiger partial charge in [-0.05, 0) is 12.8 Å². The predicted octanol–water partition coefficient (Wildman–Crippen LogP) is 0.653. The summed E-state index contributed by atoms with van der Waals surface area (Å²) in [4.78, 5) is 15.7. The molecule has 23 heavy (non-hydrogen) atoms. The molecule has 0 aromatic carbocycles. The third-order valence-electron chi connectivity index (χ3n) is 3.82. The van der Waals surface area contributed by atoms with E-state index in [2.05, 4.69) is 20.9 Å². The summed E-state index contributed by atoms with van der Waals surface area (Å²) < 4.78 is 10.8. The highest BCUT2D eigenvalue weighted by Gasteiger charge is 2.12. The molecule has 0 aromatic rings. The monoisotopic (exact) mass is 328 g/mol. The van der Waals surface area contributed by atoms with Crippen LogP contribution in [0, 0.1) is 0 Å². The van der Waals surface area contributed by atoms with Gasteiger partial charge in [0.1, 0.15) is 0 Å². The number of nitrogens with one attached hydrogen (secondary N) is 3. The Balaban J connectivity index is 2.07. The number of methoxy groups -OCH3 is 1. The van der Waals surface area contributed by atoms with Gasteiger partial charge < -0.3 is 25.4 Å². The summed E-state index contributed by atoms with van der Waals surface area (Å²) in [7, 11) is 3.29. The number of aliphatic imine (C=N–C) groups is 1. The summed E-state index contributed by atoms with van der Waals surface area (Å²) >= 11 is 0. The Morgan fingerprint density at radius 1 is 1.04 bits per heavy atom. The van der Waals surface area contributed by atoms with Crippen LogP contribution in [-0.2, 0) is 14.3 Å². The first kappa shape index (κ1) is 19.7. The molecule has 1 aliphatic rings. The fourth-order valence-electron chi connectivity index (χ4n) is 2.54. The van der Waals surface area contributed by atoms with Crippen LogP contribution in [0.1, 0.15) is 38.5 Å². The topological polar surface area (TPSA) is 84.0 Å². The van der Waals surface area contributed by atoms with Crippen molar-refractivity contribution in [2.75, 3.05) is 47.0 Å². The second-order valence-corrected chi connectivity index (χ2v) is 5.68. The van der Waals surface area contributed by atoms with E-state index in [4.69, 9.17) is 9.47 Å². The Morgan fingerprint density at radius 3 is 2.39 bits per heavy atom. The molecule has 1 saturated carbocycles. The fraction of sp³-hybridized carbons (Fsp3) is 0.875. The zero-order valence-corrected chi connectivity index (χ0v) is 14.5. The molecule has 134 valence electrons. The lowest BCUT2D eigenvalue weighted by molar-refractivity contribution is -0.120. The van der Waals surface area contributed by atoms with E-state index in [9.17, 15) is 4.79 Å². The summed E-state index contributed by atoms with van der Waals surface area (Å²) in [5.74, 6) is 0.524. The molecule has 0 aliphatic heterocycles. The zero-order valence-electron chi connectivity index (χ0n) is 14.5. The molecule has 7 nitrogen and oxygen atoms in total. The first-order valence-corrected chi connectivity index (χ1v) is 8.58. The molecule has 0 atom stereocenters. The second kappa shape index (κ2) is 13.1. The van der Waals surface area contributed by atoms with Gasteiger partial charge in [-0.3, -0.25) is 9.79 Å². The first-order valence-electron chi connectivity index (χ1n) is 8.58. The first-order chi connectivity index (χ1) is 11.3. The lowest BCUT2D eigenvalue weighted by Gasteiger charge is -2.16. The summed E-state index contributed by atoms with van der Waals surface area (Å²) in [6.07, 6.45) is 7.98. The van der Waals surface area contributed by atoms with Crippen LogP contribution >= 0.6 is 0 Å². The van der Waals surface area contributed by atoms with Crippen LogP contribution in [0.25, 0.3) is 0 Å². The van der Waals surface area contributed by atoms with Crippen molar-refractivity contribution < 1.29 is 14.3 Å². The van der Waals surface area contributed by atoms with Gasteiger partial charge in [0.2, 0.25) is 5.91 Å². The van der Waals surface area contributed by atoms with E-state index in [1.165, 1.54) is 38.5 Å². The van der Waals surface area contributed by atoms with Crippen molar-refractivity contribution in [2.24, 2.45) is 4.99 Å². The van der Waals surface area contributed by atoms with Crippen LogP contribution < -0.4 is 16.0 Å². The van der Waals surface area contributed by atoms with E-state index in [1.54, 1.807) is 14.2 Å². The molecule has 0 aromatic heterocycles. The van der Waals surface area contributed by atoms with Crippen LogP contribution in [-0.4, -0.2) is 65.0 Å². The minimum atomic E-state index is -0.0836. The van der Waals surface area contributed by atoms with Crippen LogP contribution in [0.4, 0.5) is 0 Å². The quantitative estimate of drug-likeness (QED) is 0.251. The predicted molar refractivity (Wildman–Crippen MR) is 91.7 cm³/mol. The van der Waals surface area contributed by atoms with Crippen molar-refractivity contribution in [1.29, 1.82) is 0 Å². The molecule has 0 saturated heterocycles. The van der Waals surface area contributed by atoms with Crippen molar-refractivity contribution >= 4 is 11.9 Å². The number of carbonyl (C=O) groups excluding carboxylic acids is 1. The van der Waals surface area contributed by atoms with Gasteiger partial charge in [-0.2, -0.15) is 0 Å². The van der Waals surface area contributed by atoms with Crippen LogP contribution in [0.2, 0.25) is 0 Å². The maximum Gasteiger partial charge on any atom is 0.239 e. The average molecular weight is 328 g/mol. The second-order valence-electron chi connectivity index (χ2n) is 5.68. The summed E-state index contributed by atoms with van der Waals surface area (Å²) in [5, 5.41) is 8.88. The molecule has 0 bridgehead atoms. The third-order valence-corrected chi connectivity index (χ3v) is 3.82. The SMILES string of the molecule is CN=C(NCCOC1CCCCCC1)NCC(=O)NCCOC. The number of ether oxygens (including phenoxy) is 2. The highest BCUT2D eigenvalue weighted by molar-refractivity contribution is 5.86. The molecular formula is C16H32N4O3. The molecule has 7 heteroatoms. The number of rotatable bonds is 9. The molecule has 1 fully saturated rings. The van der Waals surface area contributed by atoms with Crippen LogP contribution in [0.5, 0.6) is 0 Å². The molecule has 3 N–H and O–H groups in total. The van der Waals surface area contributed by atoms with Crippen molar-refractivity contribution in [3.05, 3.63) is 0 Å². The minimum Gasteiger partial charge on any atom is -0.383 e. The highest BCUT2D eigenvalue weighted by Crippen LogP contribution is 2.19. The summed E-state index contributed by atoms with van der Waals surface area (Å²) in [5.41, 5.74) is 0. The smallest absolute Gasteiger partial charge is 0.239 e. The molecule has 0 heterocycles. The van der Waals surface area contributed by atoms with Gasteiger partial charge in [-0.1, -0.05) is 25.7 Å². The molecule has 1 rings (SSSR count). The molecule has 0 spiro atoms. The van der Waals surface area contributed by atoms with E-state index in [0.717, 1.165) is 0 Å². The van der Waals surface area contributed by atoms with Gasteiger partial charge in [0, 0.05) is 27.2 Å². The van der Waals surface area contributed by atoms with Crippen molar-refractivity contribution in [3.8, 4) is 0 Å². The lowest BCUT2D eigenvalue weighted by atomic mass is 10.1. The van der Waals surface area contributed by atoms with E-state index < -0.39 is 0 Å². The Bertz CT molecular complexity index is 342. The van der Waals surface area contributed by atoms with Gasteiger partial charge in [-0.25, -0.2) is 0 Å². The molecule has 1 amide bonds. The van der Waals surface area contributed by atoms with Crippen molar-refractivity contribution in [1.82, 2.24) is 16.0 Å². The number of nitrogens with zero attached hydrogens (tertiary/aromatic N) is 1. The van der Waals surface area contributed by atoms with Gasteiger partial charge in [0.05, 0.1) is 25.9 Å². The van der Waals surface area contributed by atoms with Gasteiger partial charge in [0.25, 0.3) is 0 Å². The Labute approximate surface area is 139 Å². The van der Waals surface area contributed by atoms with Crippen molar-refractivity contribution in [2.45, 2.75) is 44.6 Å². The molecule has 0 radical (unpaired) electrons. The lowest BCUT2D eigenvalue weighted by Crippen LogP contribution is -2.44. The number of hydrogen-bond donors (Lipinski definition) is 3. The Hall–Kier alpha value is -1.34. The molecule has 0 unspecified atom stereocenters. The summed E-state index contributed by atoms with van der Waals surface area (Å²) in [6.45, 7) is 2.55. The summed E-state index contributed by atoms with van der Waals surface area (Å²) in [6, 6.07) is 0. The Kier molecular flexibility index (Phi) is 11.3. The van der Waals surface area contributed by atoms with Gasteiger partial charge in [-0.15, -0.1) is 0 Å². The maximum atomic E-state index is 11.6. The Morgan fingerprint density at radius 2 is 1.74 bits per heavy atom. The van der Waals surface area contributed by atoms with E-state index in [1.807, 2.05) is 0 Å². The van der Waals surface area contributed by atoms with E-state index >= 15 is 0 Å². The van der Waals surface area contributed by atoms with Gasteiger partial charge in [0.15, 0.2) is 5.96 Å². The van der Waals surface area contributed by atoms with Crippen LogP contribution in [0.3, 0.4) is 0 Å². The molecule has 1 aliphatic carbocycles. The highest BCUT2D eigenvalue weighted by atomic mass is 16.5. The average Bonchev–Trinajstić information content (AvgIpc) is 2.83. The maximum absolute atomic E-state index is 11.6.